The minimum absolute atomic E-state index is 0.591. The summed E-state index contributed by atoms with van der Waals surface area (Å²) >= 11 is 6.06. The molecule has 4 nitrogen and oxygen atoms in total. The number of ether oxygens (including phenoxy) is 1. The molecule has 0 saturated carbocycles. The molecule has 1 aromatic carbocycles. The number of nitrogens with one attached hydrogen (secondary N) is 1. The maximum Gasteiger partial charge on any atom is 0.163 e. The van der Waals surface area contributed by atoms with Crippen molar-refractivity contribution in [3.63, 3.8) is 0 Å². The van der Waals surface area contributed by atoms with Gasteiger partial charge in [-0.05, 0) is 12.1 Å². The first kappa shape index (κ1) is 9.54. The molecule has 0 spiro atoms. The molecule has 3 rings (SSSR count). The highest BCUT2D eigenvalue weighted by Crippen LogP contribution is 2.41. The van der Waals surface area contributed by atoms with E-state index in [9.17, 15) is 0 Å². The lowest BCUT2D eigenvalue weighted by atomic mass is 10.0. The summed E-state index contributed by atoms with van der Waals surface area (Å²) in [4.78, 5) is 0. The first-order valence-electron chi connectivity index (χ1n) is 4.85. The highest BCUT2D eigenvalue weighted by atomic mass is 35.5. The second-order valence-electron chi connectivity index (χ2n) is 3.55. The Labute approximate surface area is 97.1 Å². The van der Waals surface area contributed by atoms with Crippen LogP contribution in [0, 0.1) is 0 Å². The predicted molar refractivity (Wildman–Crippen MR) is 60.8 cm³/mol. The smallest absolute Gasteiger partial charge is 0.163 e. The summed E-state index contributed by atoms with van der Waals surface area (Å²) in [6.07, 6.45) is 1.71. The van der Waals surface area contributed by atoms with E-state index in [1.54, 1.807) is 13.3 Å². The third kappa shape index (κ3) is 1.27. The molecule has 2 aromatic rings. The quantitative estimate of drug-likeness (QED) is 0.827. The van der Waals surface area contributed by atoms with Crippen molar-refractivity contribution in [2.45, 2.75) is 6.54 Å². The first-order chi connectivity index (χ1) is 7.79. The van der Waals surface area contributed by atoms with E-state index < -0.39 is 0 Å². The van der Waals surface area contributed by atoms with Crippen LogP contribution in [0.25, 0.3) is 11.1 Å². The van der Waals surface area contributed by atoms with Crippen LogP contribution in [0.5, 0.6) is 5.75 Å². The highest BCUT2D eigenvalue weighted by molar-refractivity contribution is 6.32. The summed E-state index contributed by atoms with van der Waals surface area (Å²) in [6, 6.07) is 3.74. The Bertz CT molecular complexity index is 551. The largest absolute Gasteiger partial charge is 0.495 e. The Balaban J connectivity index is 2.24. The third-order valence-corrected chi connectivity index (χ3v) is 2.96. The van der Waals surface area contributed by atoms with Crippen molar-refractivity contribution < 1.29 is 9.26 Å². The minimum Gasteiger partial charge on any atom is -0.495 e. The second-order valence-corrected chi connectivity index (χ2v) is 3.96. The lowest BCUT2D eigenvalue weighted by molar-refractivity contribution is 0.388. The number of fused-ring (bicyclic) bond motifs is 3. The van der Waals surface area contributed by atoms with Crippen LogP contribution < -0.4 is 10.1 Å². The monoisotopic (exact) mass is 236 g/mol. The van der Waals surface area contributed by atoms with E-state index in [0.29, 0.717) is 17.3 Å². The van der Waals surface area contributed by atoms with Gasteiger partial charge in [0.1, 0.15) is 5.75 Å². The van der Waals surface area contributed by atoms with Gasteiger partial charge in [-0.15, -0.1) is 0 Å². The van der Waals surface area contributed by atoms with Gasteiger partial charge in [0.05, 0.1) is 24.9 Å². The van der Waals surface area contributed by atoms with Gasteiger partial charge in [0.15, 0.2) is 5.76 Å². The number of anilines is 1. The molecule has 0 unspecified atom stereocenters. The summed E-state index contributed by atoms with van der Waals surface area (Å²) in [5.41, 5.74) is 2.97. The Morgan fingerprint density at radius 1 is 1.44 bits per heavy atom. The van der Waals surface area contributed by atoms with Crippen molar-refractivity contribution in [2.75, 3.05) is 12.4 Å². The van der Waals surface area contributed by atoms with Crippen molar-refractivity contribution in [3.05, 3.63) is 29.1 Å². The Morgan fingerprint density at radius 2 is 2.31 bits per heavy atom. The molecule has 1 N–H and O–H groups in total. The number of methoxy groups -OCH3 is 1. The van der Waals surface area contributed by atoms with Crippen LogP contribution in [0.1, 0.15) is 5.76 Å². The van der Waals surface area contributed by atoms with Crippen LogP contribution in [0.2, 0.25) is 5.02 Å². The van der Waals surface area contributed by atoms with Gasteiger partial charge in [-0.2, -0.15) is 0 Å². The van der Waals surface area contributed by atoms with Crippen LogP contribution in [0.15, 0.2) is 22.9 Å². The normalized spacial score (nSPS) is 12.6. The number of hydrogen-bond acceptors (Lipinski definition) is 4. The standard InChI is InChI=1S/C11H9ClN2O2/c1-15-10-2-6-7-4-14-16-11(7)5-13-9(6)3-8(10)12/h2-4,13H,5H2,1H3. The predicted octanol–water partition coefficient (Wildman–Crippen LogP) is 2.93. The molecule has 0 radical (unpaired) electrons. The summed E-state index contributed by atoms with van der Waals surface area (Å²) in [5, 5.41) is 7.61. The molecule has 0 bridgehead atoms. The van der Waals surface area contributed by atoms with E-state index in [1.165, 1.54) is 0 Å². The summed E-state index contributed by atoms with van der Waals surface area (Å²) in [5.74, 6) is 1.48. The topological polar surface area (TPSA) is 47.3 Å². The number of benzene rings is 1. The summed E-state index contributed by atoms with van der Waals surface area (Å²) in [6.45, 7) is 0.630. The molecule has 16 heavy (non-hydrogen) atoms. The zero-order valence-corrected chi connectivity index (χ0v) is 9.34. The Kier molecular flexibility index (Phi) is 2.04. The van der Waals surface area contributed by atoms with Gasteiger partial charge < -0.3 is 14.6 Å². The Hall–Kier alpha value is -1.68. The van der Waals surface area contributed by atoms with Crippen LogP contribution in [0.4, 0.5) is 5.69 Å². The minimum atomic E-state index is 0.591. The van der Waals surface area contributed by atoms with Crippen LogP contribution in [-0.2, 0) is 6.54 Å². The van der Waals surface area contributed by atoms with Gasteiger partial charge in [-0.1, -0.05) is 16.8 Å². The van der Waals surface area contributed by atoms with Crippen molar-refractivity contribution in [2.24, 2.45) is 0 Å². The van der Waals surface area contributed by atoms with E-state index in [2.05, 4.69) is 10.5 Å². The molecular formula is C11H9ClN2O2. The van der Waals surface area contributed by atoms with Crippen LogP contribution in [0.3, 0.4) is 0 Å². The van der Waals surface area contributed by atoms with Crippen molar-refractivity contribution >= 4 is 17.3 Å². The van der Waals surface area contributed by atoms with Gasteiger partial charge >= 0.3 is 0 Å². The Morgan fingerprint density at radius 3 is 3.12 bits per heavy atom. The van der Waals surface area contributed by atoms with E-state index >= 15 is 0 Å². The molecule has 1 aliphatic heterocycles. The molecular weight excluding hydrogens is 228 g/mol. The van der Waals surface area contributed by atoms with E-state index in [0.717, 1.165) is 22.6 Å². The van der Waals surface area contributed by atoms with Crippen molar-refractivity contribution in [1.29, 1.82) is 0 Å². The fourth-order valence-corrected chi connectivity index (χ4v) is 2.11. The molecule has 0 atom stereocenters. The van der Waals surface area contributed by atoms with E-state index in [4.69, 9.17) is 20.9 Å². The first-order valence-corrected chi connectivity index (χ1v) is 5.22. The molecule has 0 saturated heterocycles. The average Bonchev–Trinajstić information content (AvgIpc) is 2.76. The molecule has 0 fully saturated rings. The number of aromatic nitrogens is 1. The van der Waals surface area contributed by atoms with Gasteiger partial charge in [-0.25, -0.2) is 0 Å². The fourth-order valence-electron chi connectivity index (χ4n) is 1.87. The fraction of sp³-hybridized carbons (Fsp3) is 0.182. The van der Waals surface area contributed by atoms with Crippen molar-refractivity contribution in [1.82, 2.24) is 5.16 Å². The molecule has 2 heterocycles. The van der Waals surface area contributed by atoms with Gasteiger partial charge in [-0.3, -0.25) is 0 Å². The maximum absolute atomic E-state index is 6.06. The summed E-state index contributed by atoms with van der Waals surface area (Å²) < 4.78 is 10.3. The average molecular weight is 237 g/mol. The molecule has 1 aliphatic rings. The highest BCUT2D eigenvalue weighted by Gasteiger charge is 2.21. The summed E-state index contributed by atoms with van der Waals surface area (Å²) in [7, 11) is 1.60. The van der Waals surface area contributed by atoms with Gasteiger partial charge in [0, 0.05) is 16.8 Å². The molecule has 0 amide bonds. The van der Waals surface area contributed by atoms with Crippen molar-refractivity contribution in [3.8, 4) is 16.9 Å². The second kappa shape index (κ2) is 3.42. The number of rotatable bonds is 1. The number of hydrogen-bond donors (Lipinski definition) is 1. The number of nitrogens with zero attached hydrogens (tertiary/aromatic N) is 1. The molecule has 5 heteroatoms. The third-order valence-electron chi connectivity index (χ3n) is 2.67. The van der Waals surface area contributed by atoms with Crippen LogP contribution >= 0.6 is 11.6 Å². The SMILES string of the molecule is COc1cc2c(cc1Cl)NCc1oncc1-2. The van der Waals surface area contributed by atoms with Crippen LogP contribution in [-0.4, -0.2) is 12.3 Å². The van der Waals surface area contributed by atoms with Gasteiger partial charge in [0.2, 0.25) is 0 Å². The molecule has 1 aromatic heterocycles. The molecule has 82 valence electrons. The molecule has 0 aliphatic carbocycles. The lowest BCUT2D eigenvalue weighted by Crippen LogP contribution is -2.06. The van der Waals surface area contributed by atoms with Gasteiger partial charge in [0.25, 0.3) is 0 Å². The zero-order chi connectivity index (χ0) is 11.1. The zero-order valence-electron chi connectivity index (χ0n) is 8.58. The van der Waals surface area contributed by atoms with E-state index in [-0.39, 0.29) is 0 Å². The lowest BCUT2D eigenvalue weighted by Gasteiger charge is -2.18. The maximum atomic E-state index is 6.06. The van der Waals surface area contributed by atoms with E-state index in [1.807, 2.05) is 12.1 Å². The number of halogens is 1.